The lowest BCUT2D eigenvalue weighted by molar-refractivity contribution is -0.132. The number of hydrogen-bond donors (Lipinski definition) is 2. The van der Waals surface area contributed by atoms with E-state index in [1.807, 2.05) is 32.9 Å². The van der Waals surface area contributed by atoms with Crippen LogP contribution in [0.4, 0.5) is 5.13 Å². The fraction of sp³-hybridized carbons (Fsp3) is 0.207. The van der Waals surface area contributed by atoms with E-state index < -0.39 is 17.7 Å². The minimum absolute atomic E-state index is 0.0375. The highest BCUT2D eigenvalue weighted by atomic mass is 32.1. The number of aromatic nitrogens is 1. The first-order valence-corrected chi connectivity index (χ1v) is 12.8. The van der Waals surface area contributed by atoms with Gasteiger partial charge in [-0.25, -0.2) is 4.98 Å². The maximum absolute atomic E-state index is 13.4. The van der Waals surface area contributed by atoms with Crippen LogP contribution in [0.1, 0.15) is 41.6 Å². The van der Waals surface area contributed by atoms with Crippen molar-refractivity contribution in [3.63, 3.8) is 0 Å². The molecule has 7 nitrogen and oxygen atoms in total. The second-order valence-corrected chi connectivity index (χ2v) is 10.0. The second-order valence-electron chi connectivity index (χ2n) is 9.03. The molecule has 1 saturated heterocycles. The number of hydrogen-bond acceptors (Lipinski definition) is 7. The summed E-state index contributed by atoms with van der Waals surface area (Å²) in [6.45, 7) is 6.58. The molecule has 1 aliphatic rings. The highest BCUT2D eigenvalue weighted by molar-refractivity contribution is 7.22. The summed E-state index contributed by atoms with van der Waals surface area (Å²) < 4.78 is 6.51. The number of ketones is 1. The maximum atomic E-state index is 13.4. The number of aromatic hydroxyl groups is 1. The molecule has 1 atom stereocenters. The van der Waals surface area contributed by atoms with Gasteiger partial charge in [-0.3, -0.25) is 14.5 Å². The first-order chi connectivity index (χ1) is 17.8. The summed E-state index contributed by atoms with van der Waals surface area (Å²) in [5.74, 6) is -1.15. The normalized spacial score (nSPS) is 17.1. The van der Waals surface area contributed by atoms with Gasteiger partial charge in [0.05, 0.1) is 28.4 Å². The molecule has 2 N–H and O–H groups in total. The number of aliphatic hydroxyl groups excluding tert-OH is 1. The van der Waals surface area contributed by atoms with Crippen LogP contribution in [0.2, 0.25) is 0 Å². The standard InChI is InChI=1S/C29H26N2O5S/c1-4-13-36-21-11-7-19(8-12-21)26(33)24-25(18-5-9-20(32)10-6-18)31(28(35)27(24)34)29-30-22-14-16(2)17(3)15-23(22)37-29/h5-12,14-15,25,32-33H,4,13H2,1-3H3/b26-24+. The summed E-state index contributed by atoms with van der Waals surface area (Å²) in [7, 11) is 0. The average molecular weight is 515 g/mol. The van der Waals surface area contributed by atoms with E-state index in [4.69, 9.17) is 4.74 Å². The van der Waals surface area contributed by atoms with E-state index in [0.29, 0.717) is 28.6 Å². The fourth-order valence-corrected chi connectivity index (χ4v) is 5.43. The van der Waals surface area contributed by atoms with E-state index in [1.54, 1.807) is 36.4 Å². The van der Waals surface area contributed by atoms with Crippen LogP contribution >= 0.6 is 11.3 Å². The molecular formula is C29H26N2O5S. The van der Waals surface area contributed by atoms with Crippen molar-refractivity contribution < 1.29 is 24.5 Å². The summed E-state index contributed by atoms with van der Waals surface area (Å²) in [6, 6.07) is 16.0. The summed E-state index contributed by atoms with van der Waals surface area (Å²) in [5, 5.41) is 21.5. The van der Waals surface area contributed by atoms with Crippen LogP contribution < -0.4 is 9.64 Å². The van der Waals surface area contributed by atoms with Crippen molar-refractivity contribution in [3.8, 4) is 11.5 Å². The zero-order valence-electron chi connectivity index (χ0n) is 20.7. The number of phenols is 1. The summed E-state index contributed by atoms with van der Waals surface area (Å²) in [4.78, 5) is 32.8. The smallest absolute Gasteiger partial charge is 0.301 e. The van der Waals surface area contributed by atoms with E-state index in [0.717, 1.165) is 27.8 Å². The largest absolute Gasteiger partial charge is 0.508 e. The molecule has 4 aromatic rings. The highest BCUT2D eigenvalue weighted by Crippen LogP contribution is 2.44. The van der Waals surface area contributed by atoms with Crippen LogP contribution in [0.5, 0.6) is 11.5 Å². The third-order valence-corrected chi connectivity index (χ3v) is 7.47. The molecule has 1 fully saturated rings. The van der Waals surface area contributed by atoms with Crippen LogP contribution in [0.25, 0.3) is 16.0 Å². The van der Waals surface area contributed by atoms with Crippen molar-refractivity contribution in [1.82, 2.24) is 4.98 Å². The Balaban J connectivity index is 1.65. The van der Waals surface area contributed by atoms with Gasteiger partial charge in [0.15, 0.2) is 5.13 Å². The molecule has 1 amide bonds. The summed E-state index contributed by atoms with van der Waals surface area (Å²) >= 11 is 1.32. The first-order valence-electron chi connectivity index (χ1n) is 12.0. The monoisotopic (exact) mass is 514 g/mol. The molecule has 0 bridgehead atoms. The Kier molecular flexibility index (Phi) is 6.43. The number of anilines is 1. The lowest BCUT2D eigenvalue weighted by Gasteiger charge is -2.23. The van der Waals surface area contributed by atoms with Crippen LogP contribution in [-0.2, 0) is 9.59 Å². The molecule has 1 aliphatic heterocycles. The first kappa shape index (κ1) is 24.5. The zero-order valence-corrected chi connectivity index (χ0v) is 21.5. The van der Waals surface area contributed by atoms with Crippen molar-refractivity contribution in [2.24, 2.45) is 0 Å². The Labute approximate surface area is 218 Å². The number of nitrogens with zero attached hydrogens (tertiary/aromatic N) is 2. The maximum Gasteiger partial charge on any atom is 0.301 e. The van der Waals surface area contributed by atoms with E-state index in [9.17, 15) is 19.8 Å². The van der Waals surface area contributed by atoms with Crippen molar-refractivity contribution >= 4 is 44.1 Å². The third kappa shape index (κ3) is 4.44. The van der Waals surface area contributed by atoms with Gasteiger partial charge in [-0.2, -0.15) is 0 Å². The molecule has 0 aliphatic carbocycles. The molecule has 1 unspecified atom stereocenters. The minimum atomic E-state index is -0.917. The van der Waals surface area contributed by atoms with Crippen LogP contribution in [0, 0.1) is 13.8 Å². The molecule has 2 heterocycles. The Hall–Kier alpha value is -4.17. The van der Waals surface area contributed by atoms with Crippen molar-refractivity contribution in [1.29, 1.82) is 0 Å². The number of fused-ring (bicyclic) bond motifs is 1. The molecule has 0 saturated carbocycles. The van der Waals surface area contributed by atoms with Gasteiger partial charge >= 0.3 is 5.91 Å². The van der Waals surface area contributed by atoms with Gasteiger partial charge in [-0.15, -0.1) is 0 Å². The minimum Gasteiger partial charge on any atom is -0.508 e. The van der Waals surface area contributed by atoms with Gasteiger partial charge in [0.2, 0.25) is 0 Å². The van der Waals surface area contributed by atoms with Gasteiger partial charge < -0.3 is 14.9 Å². The Morgan fingerprint density at radius 1 is 1.03 bits per heavy atom. The number of thiazole rings is 1. The molecule has 0 spiro atoms. The summed E-state index contributed by atoms with van der Waals surface area (Å²) in [6.07, 6.45) is 0.864. The summed E-state index contributed by atoms with van der Waals surface area (Å²) in [5.41, 5.74) is 3.83. The number of amides is 1. The fourth-order valence-electron chi connectivity index (χ4n) is 4.36. The number of carbonyl (C=O) groups is 2. The number of carbonyl (C=O) groups excluding carboxylic acids is 2. The number of rotatable bonds is 6. The van der Waals surface area contributed by atoms with Crippen LogP contribution in [0.15, 0.2) is 66.2 Å². The lowest BCUT2D eigenvalue weighted by atomic mass is 9.95. The average Bonchev–Trinajstić information content (AvgIpc) is 3.40. The number of ether oxygens (including phenoxy) is 1. The van der Waals surface area contributed by atoms with Gasteiger partial charge in [0.1, 0.15) is 17.3 Å². The van der Waals surface area contributed by atoms with E-state index in [2.05, 4.69) is 4.98 Å². The predicted octanol–water partition coefficient (Wildman–Crippen LogP) is 6.03. The van der Waals surface area contributed by atoms with Gasteiger partial charge in [-0.1, -0.05) is 30.4 Å². The van der Waals surface area contributed by atoms with Gasteiger partial charge in [-0.05, 0) is 85.5 Å². The Morgan fingerprint density at radius 3 is 2.38 bits per heavy atom. The van der Waals surface area contributed by atoms with Gasteiger partial charge in [0, 0.05) is 5.56 Å². The number of aliphatic hydroxyl groups is 1. The van der Waals surface area contributed by atoms with E-state index >= 15 is 0 Å². The zero-order chi connectivity index (χ0) is 26.3. The highest BCUT2D eigenvalue weighted by Gasteiger charge is 2.48. The molecule has 188 valence electrons. The molecule has 1 aromatic heterocycles. The van der Waals surface area contributed by atoms with E-state index in [-0.39, 0.29) is 17.1 Å². The topological polar surface area (TPSA) is 100.0 Å². The van der Waals surface area contributed by atoms with Crippen LogP contribution in [0.3, 0.4) is 0 Å². The van der Waals surface area contributed by atoms with Crippen LogP contribution in [-0.4, -0.2) is 33.5 Å². The van der Waals surface area contributed by atoms with Crippen molar-refractivity contribution in [3.05, 3.63) is 88.5 Å². The Morgan fingerprint density at radius 2 is 1.70 bits per heavy atom. The predicted molar refractivity (Wildman–Crippen MR) is 144 cm³/mol. The molecule has 8 heteroatoms. The van der Waals surface area contributed by atoms with E-state index in [1.165, 1.54) is 28.4 Å². The quantitative estimate of drug-likeness (QED) is 0.185. The molecule has 37 heavy (non-hydrogen) atoms. The van der Waals surface area contributed by atoms with Crippen molar-refractivity contribution in [2.45, 2.75) is 33.2 Å². The molecule has 3 aromatic carbocycles. The second kappa shape index (κ2) is 9.71. The number of aryl methyl sites for hydroxylation is 2. The number of benzene rings is 3. The Bertz CT molecular complexity index is 1500. The van der Waals surface area contributed by atoms with Gasteiger partial charge in [0.25, 0.3) is 5.78 Å². The SMILES string of the molecule is CCCOc1ccc(/C(O)=C2\C(=O)C(=O)N(c3nc4cc(C)c(C)cc4s3)C2c2ccc(O)cc2)cc1. The molecular weight excluding hydrogens is 488 g/mol. The third-order valence-electron chi connectivity index (χ3n) is 6.45. The number of Topliss-reactive ketones (excluding diaryl/α,β-unsaturated/α-hetero) is 1. The molecule has 5 rings (SSSR count). The lowest BCUT2D eigenvalue weighted by Crippen LogP contribution is -2.29. The molecule has 0 radical (unpaired) electrons. The number of phenolic OH excluding ortho intramolecular Hbond substituents is 1. The van der Waals surface area contributed by atoms with Crippen molar-refractivity contribution in [2.75, 3.05) is 11.5 Å².